The number of nitrogens with one attached hydrogen (secondary N) is 1. The molecule has 1 unspecified atom stereocenters. The third kappa shape index (κ3) is 4.29. The minimum Gasteiger partial charge on any atom is -0.398 e. The second-order valence-electron chi connectivity index (χ2n) is 4.97. The lowest BCUT2D eigenvalue weighted by Gasteiger charge is -2.23. The first-order chi connectivity index (χ1) is 10.8. The van der Waals surface area contributed by atoms with Gasteiger partial charge >= 0.3 is 0 Å². The molecule has 1 atom stereocenters. The Hall–Kier alpha value is -1.92. The van der Waals surface area contributed by atoms with Gasteiger partial charge in [-0.3, -0.25) is 4.79 Å². The predicted molar refractivity (Wildman–Crippen MR) is 82.4 cm³/mol. The normalized spacial score (nSPS) is 18.8. The molecule has 22 heavy (non-hydrogen) atoms. The Morgan fingerprint density at radius 2 is 2.23 bits per heavy atom. The molecule has 0 aliphatic carbocycles. The highest BCUT2D eigenvalue weighted by atomic mass is 16.7. The third-order valence-corrected chi connectivity index (χ3v) is 3.46. The van der Waals surface area contributed by atoms with E-state index in [2.05, 4.69) is 10.5 Å². The van der Waals surface area contributed by atoms with Crippen LogP contribution in [-0.4, -0.2) is 38.7 Å². The highest BCUT2D eigenvalue weighted by molar-refractivity contribution is 6.45. The van der Waals surface area contributed by atoms with E-state index in [-0.39, 0.29) is 17.9 Å². The van der Waals surface area contributed by atoms with Crippen LogP contribution in [0.5, 0.6) is 0 Å². The summed E-state index contributed by atoms with van der Waals surface area (Å²) in [6.45, 7) is 1.10. The molecule has 0 saturated carbocycles. The molecule has 1 aromatic carbocycles. The first kappa shape index (κ1) is 16.5. The fourth-order valence-electron chi connectivity index (χ4n) is 2.33. The molecule has 1 N–H and O–H groups in total. The fourth-order valence-corrected chi connectivity index (χ4v) is 2.33. The summed E-state index contributed by atoms with van der Waals surface area (Å²) < 4.78 is 11.4. The summed E-state index contributed by atoms with van der Waals surface area (Å²) in [5.41, 5.74) is 1.80. The quantitative estimate of drug-likeness (QED) is 0.643. The monoisotopic (exact) mass is 306 g/mol. The number of nitrogens with zero attached hydrogens (tertiary/aromatic N) is 1. The lowest BCUT2D eigenvalue weighted by molar-refractivity contribution is -0.168. The van der Waals surface area contributed by atoms with Crippen molar-refractivity contribution < 1.29 is 19.1 Å². The van der Waals surface area contributed by atoms with E-state index in [9.17, 15) is 4.79 Å². The Kier molecular flexibility index (Phi) is 6.36. The van der Waals surface area contributed by atoms with Gasteiger partial charge in [-0.05, 0) is 24.8 Å². The van der Waals surface area contributed by atoms with Gasteiger partial charge in [0.2, 0.25) is 0 Å². The number of carbonyl (C=O) groups excluding carboxylic acids is 1. The Balaban J connectivity index is 2.14. The lowest BCUT2D eigenvalue weighted by Crippen LogP contribution is -2.29. The molecule has 1 aliphatic heterocycles. The van der Waals surface area contributed by atoms with Gasteiger partial charge in [-0.15, -0.1) is 0 Å². The number of oxime groups is 1. The number of benzene rings is 1. The van der Waals surface area contributed by atoms with E-state index in [1.807, 2.05) is 24.3 Å². The summed E-state index contributed by atoms with van der Waals surface area (Å²) in [5.74, 6) is -0.303. The number of rotatable bonds is 6. The van der Waals surface area contributed by atoms with Gasteiger partial charge in [-0.1, -0.05) is 29.4 Å². The van der Waals surface area contributed by atoms with Crippen LogP contribution >= 0.6 is 0 Å². The van der Waals surface area contributed by atoms with Gasteiger partial charge in [0, 0.05) is 19.2 Å². The molecule has 6 nitrogen and oxygen atoms in total. The van der Waals surface area contributed by atoms with Crippen LogP contribution in [0.4, 0.5) is 0 Å². The fraction of sp³-hybridized carbons (Fsp3) is 0.500. The van der Waals surface area contributed by atoms with Gasteiger partial charge in [0.05, 0.1) is 6.61 Å². The maximum Gasteiger partial charge on any atom is 0.273 e. The summed E-state index contributed by atoms with van der Waals surface area (Å²) in [6, 6.07) is 7.49. The average Bonchev–Trinajstić information content (AvgIpc) is 2.58. The van der Waals surface area contributed by atoms with Crippen molar-refractivity contribution in [1.82, 2.24) is 5.32 Å². The Morgan fingerprint density at radius 3 is 2.91 bits per heavy atom. The number of hydrogen-bond acceptors (Lipinski definition) is 5. The molecule has 1 fully saturated rings. The van der Waals surface area contributed by atoms with Gasteiger partial charge in [-0.25, -0.2) is 0 Å². The molecule has 0 spiro atoms. The lowest BCUT2D eigenvalue weighted by atomic mass is 10.0. The van der Waals surface area contributed by atoms with E-state index in [0.717, 1.165) is 31.4 Å². The number of carbonyl (C=O) groups is 1. The molecule has 0 radical (unpaired) electrons. The van der Waals surface area contributed by atoms with Crippen LogP contribution in [0.15, 0.2) is 29.4 Å². The highest BCUT2D eigenvalue weighted by Crippen LogP contribution is 2.18. The molecule has 2 rings (SSSR count). The van der Waals surface area contributed by atoms with Crippen molar-refractivity contribution in [3.05, 3.63) is 35.4 Å². The van der Waals surface area contributed by atoms with E-state index < -0.39 is 0 Å². The van der Waals surface area contributed by atoms with E-state index >= 15 is 0 Å². The van der Waals surface area contributed by atoms with E-state index in [4.69, 9.17) is 14.3 Å². The first-order valence-corrected chi connectivity index (χ1v) is 7.41. The summed E-state index contributed by atoms with van der Waals surface area (Å²) in [4.78, 5) is 16.8. The Morgan fingerprint density at radius 1 is 1.41 bits per heavy atom. The second-order valence-corrected chi connectivity index (χ2v) is 4.97. The van der Waals surface area contributed by atoms with Crippen molar-refractivity contribution in [3.63, 3.8) is 0 Å². The molecule has 1 amide bonds. The molecule has 120 valence electrons. The summed E-state index contributed by atoms with van der Waals surface area (Å²) in [6.07, 6.45) is 2.92. The van der Waals surface area contributed by atoms with Crippen LogP contribution in [-0.2, 0) is 25.7 Å². The standard InChI is InChI=1S/C16H22N2O4/c1-17-16(19)15(18-20-2)13-8-4-3-7-12(13)11-22-14-9-5-6-10-21-14/h3-4,7-8,14H,5-6,9-11H2,1-2H3,(H,17,19). The van der Waals surface area contributed by atoms with Crippen LogP contribution in [0.1, 0.15) is 30.4 Å². The first-order valence-electron chi connectivity index (χ1n) is 7.41. The van der Waals surface area contributed by atoms with Crippen molar-refractivity contribution in [2.75, 3.05) is 20.8 Å². The van der Waals surface area contributed by atoms with Gasteiger partial charge in [0.1, 0.15) is 7.11 Å². The maximum absolute atomic E-state index is 12.0. The molecular formula is C16H22N2O4. The molecule has 1 saturated heterocycles. The summed E-state index contributed by atoms with van der Waals surface area (Å²) in [7, 11) is 2.97. The van der Waals surface area contributed by atoms with Crippen molar-refractivity contribution in [2.45, 2.75) is 32.2 Å². The number of likely N-dealkylation sites (N-methyl/N-ethyl adjacent to an activating group) is 1. The molecule has 0 aromatic heterocycles. The molecule has 1 aromatic rings. The van der Waals surface area contributed by atoms with Crippen LogP contribution in [0.2, 0.25) is 0 Å². The zero-order chi connectivity index (χ0) is 15.8. The van der Waals surface area contributed by atoms with Crippen LogP contribution in [0, 0.1) is 0 Å². The van der Waals surface area contributed by atoms with E-state index in [1.165, 1.54) is 7.11 Å². The van der Waals surface area contributed by atoms with Crippen molar-refractivity contribution in [3.8, 4) is 0 Å². The zero-order valence-electron chi connectivity index (χ0n) is 13.0. The van der Waals surface area contributed by atoms with E-state index in [0.29, 0.717) is 12.2 Å². The molecule has 0 bridgehead atoms. The third-order valence-electron chi connectivity index (χ3n) is 3.46. The number of amides is 1. The SMILES string of the molecule is CNC(=O)C(=NOC)c1ccccc1COC1CCCCO1. The van der Waals surface area contributed by atoms with Crippen molar-refractivity contribution in [1.29, 1.82) is 0 Å². The predicted octanol–water partition coefficient (Wildman–Crippen LogP) is 1.83. The van der Waals surface area contributed by atoms with Crippen molar-refractivity contribution >= 4 is 11.6 Å². The largest absolute Gasteiger partial charge is 0.398 e. The smallest absolute Gasteiger partial charge is 0.273 e. The van der Waals surface area contributed by atoms with E-state index in [1.54, 1.807) is 7.05 Å². The summed E-state index contributed by atoms with van der Waals surface area (Å²) in [5, 5.41) is 6.40. The molecule has 6 heteroatoms. The number of hydrogen-bond donors (Lipinski definition) is 1. The van der Waals surface area contributed by atoms with Crippen LogP contribution < -0.4 is 5.32 Å². The average molecular weight is 306 g/mol. The topological polar surface area (TPSA) is 69.2 Å². The highest BCUT2D eigenvalue weighted by Gasteiger charge is 2.19. The van der Waals surface area contributed by atoms with Gasteiger partial charge < -0.3 is 19.6 Å². The zero-order valence-corrected chi connectivity index (χ0v) is 13.0. The van der Waals surface area contributed by atoms with Crippen LogP contribution in [0.25, 0.3) is 0 Å². The van der Waals surface area contributed by atoms with Crippen molar-refractivity contribution in [2.24, 2.45) is 5.16 Å². The summed E-state index contributed by atoms with van der Waals surface area (Å²) >= 11 is 0. The van der Waals surface area contributed by atoms with Gasteiger partial charge in [0.25, 0.3) is 5.91 Å². The maximum atomic E-state index is 12.0. The molecule has 1 aliphatic rings. The minimum atomic E-state index is -0.303. The molecule has 1 heterocycles. The van der Waals surface area contributed by atoms with Gasteiger partial charge in [-0.2, -0.15) is 0 Å². The number of ether oxygens (including phenoxy) is 2. The Labute approximate surface area is 130 Å². The minimum absolute atomic E-state index is 0.176. The molecular weight excluding hydrogens is 284 g/mol. The van der Waals surface area contributed by atoms with Crippen LogP contribution in [0.3, 0.4) is 0 Å². The second kappa shape index (κ2) is 8.51. The van der Waals surface area contributed by atoms with Gasteiger partial charge in [0.15, 0.2) is 12.0 Å². The Bertz CT molecular complexity index is 525.